The lowest BCUT2D eigenvalue weighted by atomic mass is 10.0. The molecule has 0 aliphatic carbocycles. The highest BCUT2D eigenvalue weighted by molar-refractivity contribution is 5.84. The van der Waals surface area contributed by atoms with Crippen molar-refractivity contribution in [3.63, 3.8) is 0 Å². The molecule has 1 aromatic rings. The second-order valence-corrected chi connectivity index (χ2v) is 6.06. The Morgan fingerprint density at radius 2 is 2.10 bits per heavy atom. The van der Waals surface area contributed by atoms with Crippen LogP contribution in [0.4, 0.5) is 0 Å². The third-order valence-corrected chi connectivity index (χ3v) is 4.52. The monoisotopic (exact) mass is 288 g/mol. The number of rotatable bonds is 3. The Morgan fingerprint density at radius 1 is 1.33 bits per heavy atom. The number of benzene rings is 1. The van der Waals surface area contributed by atoms with Crippen LogP contribution in [0.15, 0.2) is 24.3 Å². The average Bonchev–Trinajstić information content (AvgIpc) is 2.85. The molecule has 1 amide bonds. The van der Waals surface area contributed by atoms with E-state index in [1.165, 1.54) is 5.56 Å². The molecule has 0 bridgehead atoms. The normalized spacial score (nSPS) is 29.9. The van der Waals surface area contributed by atoms with Gasteiger partial charge in [0, 0.05) is 6.61 Å². The maximum absolute atomic E-state index is 12.7. The molecular weight excluding hydrogens is 264 g/mol. The van der Waals surface area contributed by atoms with Gasteiger partial charge in [-0.05, 0) is 31.7 Å². The summed E-state index contributed by atoms with van der Waals surface area (Å²) in [6.45, 7) is 5.62. The molecule has 2 fully saturated rings. The zero-order valence-corrected chi connectivity index (χ0v) is 12.8. The van der Waals surface area contributed by atoms with Crippen molar-refractivity contribution in [2.75, 3.05) is 13.2 Å². The quantitative estimate of drug-likeness (QED) is 0.928. The molecule has 114 valence electrons. The standard InChI is InChI=1S/C17H24N2O2/c1-3-15-17(20)19(14-5-4-10-21-11-14)16(18-15)13-8-6-12(2)7-9-13/h6-9,14-16,18H,3-5,10-11H2,1-2H3. The maximum Gasteiger partial charge on any atom is 0.241 e. The number of nitrogens with one attached hydrogen (secondary N) is 1. The van der Waals surface area contributed by atoms with E-state index in [1.807, 2.05) is 4.90 Å². The first-order valence-electron chi connectivity index (χ1n) is 7.93. The topological polar surface area (TPSA) is 41.6 Å². The van der Waals surface area contributed by atoms with Gasteiger partial charge in [-0.15, -0.1) is 0 Å². The van der Waals surface area contributed by atoms with Gasteiger partial charge in [0.1, 0.15) is 6.17 Å². The Morgan fingerprint density at radius 3 is 2.71 bits per heavy atom. The largest absolute Gasteiger partial charge is 0.379 e. The number of carbonyl (C=O) groups excluding carboxylic acids is 1. The number of carbonyl (C=O) groups is 1. The second kappa shape index (κ2) is 6.16. The highest BCUT2D eigenvalue weighted by Crippen LogP contribution is 2.31. The minimum Gasteiger partial charge on any atom is -0.379 e. The third-order valence-electron chi connectivity index (χ3n) is 4.52. The van der Waals surface area contributed by atoms with Crippen LogP contribution in [0.3, 0.4) is 0 Å². The summed E-state index contributed by atoms with van der Waals surface area (Å²) in [6, 6.07) is 8.58. The van der Waals surface area contributed by atoms with Crippen LogP contribution in [0, 0.1) is 6.92 Å². The molecule has 3 atom stereocenters. The molecule has 1 aromatic carbocycles. The lowest BCUT2D eigenvalue weighted by Crippen LogP contribution is -2.44. The summed E-state index contributed by atoms with van der Waals surface area (Å²) in [4.78, 5) is 14.7. The SMILES string of the molecule is CCC1NC(c2ccc(C)cc2)N(C2CCCOC2)C1=O. The number of amides is 1. The van der Waals surface area contributed by atoms with Gasteiger partial charge in [0.05, 0.1) is 18.7 Å². The predicted molar refractivity (Wildman–Crippen MR) is 81.8 cm³/mol. The van der Waals surface area contributed by atoms with Crippen molar-refractivity contribution in [1.29, 1.82) is 0 Å². The van der Waals surface area contributed by atoms with E-state index in [2.05, 4.69) is 43.4 Å². The van der Waals surface area contributed by atoms with Crippen LogP contribution in [0.25, 0.3) is 0 Å². The van der Waals surface area contributed by atoms with Gasteiger partial charge in [-0.1, -0.05) is 36.8 Å². The predicted octanol–water partition coefficient (Wildman–Crippen LogP) is 2.38. The molecule has 3 rings (SSSR count). The molecule has 2 aliphatic heterocycles. The number of ether oxygens (including phenoxy) is 1. The molecule has 21 heavy (non-hydrogen) atoms. The summed E-state index contributed by atoms with van der Waals surface area (Å²) < 4.78 is 5.59. The fraction of sp³-hybridized carbons (Fsp3) is 0.588. The Bertz CT molecular complexity index is 494. The first-order valence-corrected chi connectivity index (χ1v) is 7.93. The van der Waals surface area contributed by atoms with Crippen molar-refractivity contribution < 1.29 is 9.53 Å². The van der Waals surface area contributed by atoms with E-state index in [0.29, 0.717) is 6.61 Å². The smallest absolute Gasteiger partial charge is 0.241 e. The molecule has 1 N–H and O–H groups in total. The zero-order valence-electron chi connectivity index (χ0n) is 12.8. The van der Waals surface area contributed by atoms with Crippen molar-refractivity contribution in [1.82, 2.24) is 10.2 Å². The minimum absolute atomic E-state index is 0.0188. The van der Waals surface area contributed by atoms with Gasteiger partial charge in [0.2, 0.25) is 5.91 Å². The van der Waals surface area contributed by atoms with Crippen LogP contribution in [0.5, 0.6) is 0 Å². The first kappa shape index (κ1) is 14.5. The van der Waals surface area contributed by atoms with Crippen molar-refractivity contribution in [2.24, 2.45) is 0 Å². The molecule has 0 spiro atoms. The Labute approximate surface area is 126 Å². The van der Waals surface area contributed by atoms with Crippen molar-refractivity contribution in [2.45, 2.75) is 51.4 Å². The molecule has 2 aliphatic rings. The van der Waals surface area contributed by atoms with Crippen molar-refractivity contribution in [3.8, 4) is 0 Å². The van der Waals surface area contributed by atoms with Crippen LogP contribution in [-0.2, 0) is 9.53 Å². The maximum atomic E-state index is 12.7. The summed E-state index contributed by atoms with van der Waals surface area (Å²) >= 11 is 0. The molecule has 4 nitrogen and oxygen atoms in total. The van der Waals surface area contributed by atoms with Crippen LogP contribution in [0.1, 0.15) is 43.5 Å². The van der Waals surface area contributed by atoms with Gasteiger partial charge >= 0.3 is 0 Å². The van der Waals surface area contributed by atoms with Crippen molar-refractivity contribution >= 4 is 5.91 Å². The fourth-order valence-corrected chi connectivity index (χ4v) is 3.28. The van der Waals surface area contributed by atoms with E-state index in [4.69, 9.17) is 4.74 Å². The van der Waals surface area contributed by atoms with Crippen molar-refractivity contribution in [3.05, 3.63) is 35.4 Å². The summed E-state index contributed by atoms with van der Waals surface area (Å²) in [6.07, 6.45) is 2.87. The number of nitrogens with zero attached hydrogens (tertiary/aromatic N) is 1. The van der Waals surface area contributed by atoms with E-state index >= 15 is 0 Å². The fourth-order valence-electron chi connectivity index (χ4n) is 3.28. The van der Waals surface area contributed by atoms with E-state index < -0.39 is 0 Å². The summed E-state index contributed by atoms with van der Waals surface area (Å²) in [5, 5.41) is 3.49. The van der Waals surface area contributed by atoms with Crippen LogP contribution < -0.4 is 5.32 Å². The van der Waals surface area contributed by atoms with Gasteiger partial charge in [0.15, 0.2) is 0 Å². The van der Waals surface area contributed by atoms with Gasteiger partial charge in [-0.2, -0.15) is 0 Å². The van der Waals surface area contributed by atoms with E-state index in [-0.39, 0.29) is 24.2 Å². The lowest BCUT2D eigenvalue weighted by Gasteiger charge is -2.35. The molecule has 0 radical (unpaired) electrons. The molecule has 0 aromatic heterocycles. The zero-order chi connectivity index (χ0) is 14.8. The Hall–Kier alpha value is -1.39. The molecule has 2 heterocycles. The third kappa shape index (κ3) is 2.83. The van der Waals surface area contributed by atoms with Crippen LogP contribution >= 0.6 is 0 Å². The number of hydrogen-bond acceptors (Lipinski definition) is 3. The molecule has 4 heteroatoms. The Kier molecular flexibility index (Phi) is 4.27. The molecule has 2 saturated heterocycles. The average molecular weight is 288 g/mol. The van der Waals surface area contributed by atoms with Gasteiger partial charge in [0.25, 0.3) is 0 Å². The lowest BCUT2D eigenvalue weighted by molar-refractivity contribution is -0.135. The van der Waals surface area contributed by atoms with E-state index in [0.717, 1.165) is 31.4 Å². The minimum atomic E-state index is -0.0711. The van der Waals surface area contributed by atoms with Gasteiger partial charge < -0.3 is 9.64 Å². The summed E-state index contributed by atoms with van der Waals surface area (Å²) in [5.74, 6) is 0.221. The van der Waals surface area contributed by atoms with Crippen LogP contribution in [-0.4, -0.2) is 36.1 Å². The number of aryl methyl sites for hydroxylation is 1. The highest BCUT2D eigenvalue weighted by atomic mass is 16.5. The first-order chi connectivity index (χ1) is 10.2. The summed E-state index contributed by atoms with van der Waals surface area (Å²) in [7, 11) is 0. The highest BCUT2D eigenvalue weighted by Gasteiger charge is 2.42. The molecule has 3 unspecified atom stereocenters. The second-order valence-electron chi connectivity index (χ2n) is 6.06. The number of hydrogen-bond donors (Lipinski definition) is 1. The molecule has 0 saturated carbocycles. The van der Waals surface area contributed by atoms with E-state index in [1.54, 1.807) is 0 Å². The van der Waals surface area contributed by atoms with Gasteiger partial charge in [-0.25, -0.2) is 0 Å². The van der Waals surface area contributed by atoms with Crippen LogP contribution in [0.2, 0.25) is 0 Å². The van der Waals surface area contributed by atoms with Gasteiger partial charge in [-0.3, -0.25) is 10.1 Å². The van der Waals surface area contributed by atoms with E-state index in [9.17, 15) is 4.79 Å². The Balaban J connectivity index is 1.88. The molecular formula is C17H24N2O2. The summed E-state index contributed by atoms with van der Waals surface area (Å²) in [5.41, 5.74) is 2.40.